The fraction of sp³-hybridized carbons (Fsp3) is 0.333. The molecule has 0 saturated heterocycles. The summed E-state index contributed by atoms with van der Waals surface area (Å²) in [5, 5.41) is 23.4. The molecule has 3 N–H and O–H groups in total. The van der Waals surface area contributed by atoms with Crippen molar-refractivity contribution in [1.82, 2.24) is 5.32 Å². The number of hydrogen-bond acceptors (Lipinski definition) is 3. The Balaban J connectivity index is 1.95. The van der Waals surface area contributed by atoms with E-state index in [1.807, 2.05) is 6.07 Å². The van der Waals surface area contributed by atoms with Crippen molar-refractivity contribution < 1.29 is 10.2 Å². The van der Waals surface area contributed by atoms with Crippen molar-refractivity contribution in [2.75, 3.05) is 6.54 Å². The maximum atomic E-state index is 10.2. The van der Waals surface area contributed by atoms with Crippen LogP contribution >= 0.6 is 0 Å². The minimum absolute atomic E-state index is 0.0994. The van der Waals surface area contributed by atoms with Gasteiger partial charge in [-0.3, -0.25) is 0 Å². The van der Waals surface area contributed by atoms with Gasteiger partial charge in [-0.1, -0.05) is 29.8 Å². The Morgan fingerprint density at radius 1 is 1.14 bits per heavy atom. The fourth-order valence-corrected chi connectivity index (χ4v) is 2.64. The molecule has 1 atom stereocenters. The first-order valence-electron chi connectivity index (χ1n) is 7.45. The van der Waals surface area contributed by atoms with Crippen molar-refractivity contribution in [2.24, 2.45) is 5.92 Å². The van der Waals surface area contributed by atoms with Crippen LogP contribution < -0.4 is 5.32 Å². The zero-order valence-electron chi connectivity index (χ0n) is 12.2. The van der Waals surface area contributed by atoms with Crippen molar-refractivity contribution in [3.63, 3.8) is 0 Å². The molecular formula is C18H21NO2. The van der Waals surface area contributed by atoms with Gasteiger partial charge in [0.15, 0.2) is 0 Å². The lowest BCUT2D eigenvalue weighted by atomic mass is 9.96. The number of aromatic hydroxyl groups is 2. The molecule has 3 nitrogen and oxygen atoms in total. The Bertz CT molecular complexity index is 635. The molecule has 1 saturated carbocycles. The van der Waals surface area contributed by atoms with Gasteiger partial charge in [0.1, 0.15) is 11.5 Å². The first-order chi connectivity index (χ1) is 10.1. The van der Waals surface area contributed by atoms with Gasteiger partial charge in [-0.25, -0.2) is 0 Å². The van der Waals surface area contributed by atoms with Gasteiger partial charge in [-0.05, 0) is 56.0 Å². The van der Waals surface area contributed by atoms with E-state index in [2.05, 4.69) is 30.4 Å². The van der Waals surface area contributed by atoms with Crippen LogP contribution in [0.3, 0.4) is 0 Å². The van der Waals surface area contributed by atoms with E-state index >= 15 is 0 Å². The quantitative estimate of drug-likeness (QED) is 0.736. The van der Waals surface area contributed by atoms with E-state index in [-0.39, 0.29) is 17.5 Å². The Kier molecular flexibility index (Phi) is 3.84. The molecule has 0 spiro atoms. The first-order valence-corrected chi connectivity index (χ1v) is 7.45. The number of hydrogen-bond donors (Lipinski definition) is 3. The van der Waals surface area contributed by atoms with Crippen LogP contribution in [-0.2, 0) is 0 Å². The highest BCUT2D eigenvalue weighted by Crippen LogP contribution is 2.34. The Morgan fingerprint density at radius 2 is 1.95 bits per heavy atom. The van der Waals surface area contributed by atoms with E-state index in [0.717, 1.165) is 23.6 Å². The van der Waals surface area contributed by atoms with Gasteiger partial charge < -0.3 is 15.5 Å². The number of nitrogens with one attached hydrogen (secondary N) is 1. The van der Waals surface area contributed by atoms with Gasteiger partial charge in [0.2, 0.25) is 0 Å². The Hall–Kier alpha value is -2.00. The second kappa shape index (κ2) is 5.78. The Morgan fingerprint density at radius 3 is 2.67 bits per heavy atom. The Labute approximate surface area is 125 Å². The van der Waals surface area contributed by atoms with Gasteiger partial charge in [0.25, 0.3) is 0 Å². The van der Waals surface area contributed by atoms with Crippen LogP contribution in [0.5, 0.6) is 11.5 Å². The second-order valence-electron chi connectivity index (χ2n) is 5.94. The van der Waals surface area contributed by atoms with E-state index in [1.54, 1.807) is 12.1 Å². The number of phenols is 2. The zero-order valence-corrected chi connectivity index (χ0v) is 12.2. The third-order valence-electron chi connectivity index (χ3n) is 4.01. The molecule has 110 valence electrons. The van der Waals surface area contributed by atoms with Gasteiger partial charge in [-0.2, -0.15) is 0 Å². The van der Waals surface area contributed by atoms with E-state index in [4.69, 9.17) is 0 Å². The normalized spacial score (nSPS) is 15.9. The van der Waals surface area contributed by atoms with Gasteiger partial charge in [0, 0.05) is 5.56 Å². The van der Waals surface area contributed by atoms with E-state index in [9.17, 15) is 10.2 Å². The lowest BCUT2D eigenvalue weighted by molar-refractivity contribution is 0.443. The molecule has 1 aliphatic rings. The molecule has 3 rings (SSSR count). The molecule has 0 bridgehead atoms. The van der Waals surface area contributed by atoms with Crippen molar-refractivity contribution in [2.45, 2.75) is 25.8 Å². The lowest BCUT2D eigenvalue weighted by Crippen LogP contribution is -2.24. The highest BCUT2D eigenvalue weighted by Gasteiger charge is 2.24. The number of phenolic OH excluding ortho intramolecular Hbond substituents is 2. The van der Waals surface area contributed by atoms with Crippen LogP contribution in [0.2, 0.25) is 0 Å². The molecule has 1 aliphatic carbocycles. The fourth-order valence-electron chi connectivity index (χ4n) is 2.64. The third kappa shape index (κ3) is 3.37. The van der Waals surface area contributed by atoms with Crippen LogP contribution in [0.1, 0.15) is 35.6 Å². The molecule has 2 aromatic carbocycles. The van der Waals surface area contributed by atoms with Crippen LogP contribution in [0.4, 0.5) is 0 Å². The summed E-state index contributed by atoms with van der Waals surface area (Å²) >= 11 is 0. The third-order valence-corrected chi connectivity index (χ3v) is 4.01. The summed E-state index contributed by atoms with van der Waals surface area (Å²) in [4.78, 5) is 0. The molecule has 0 aromatic heterocycles. The second-order valence-corrected chi connectivity index (χ2v) is 5.94. The number of aryl methyl sites for hydroxylation is 1. The lowest BCUT2D eigenvalue weighted by Gasteiger charge is -2.21. The molecule has 2 aromatic rings. The van der Waals surface area contributed by atoms with E-state index in [1.165, 1.54) is 24.5 Å². The predicted octanol–water partition coefficient (Wildman–Crippen LogP) is 3.50. The summed E-state index contributed by atoms with van der Waals surface area (Å²) in [6, 6.07) is 12.9. The SMILES string of the molecule is Cc1cccc(C(NCC2CC2)c2cc(O)ccc2O)c1. The molecule has 3 heteroatoms. The number of benzene rings is 2. The van der Waals surface area contributed by atoms with Crippen LogP contribution in [0, 0.1) is 12.8 Å². The molecular weight excluding hydrogens is 262 g/mol. The smallest absolute Gasteiger partial charge is 0.120 e. The van der Waals surface area contributed by atoms with Crippen LogP contribution in [0.15, 0.2) is 42.5 Å². The van der Waals surface area contributed by atoms with Crippen molar-refractivity contribution in [3.8, 4) is 11.5 Å². The average molecular weight is 283 g/mol. The summed E-state index contributed by atoms with van der Waals surface area (Å²) in [5.41, 5.74) is 3.02. The molecule has 0 amide bonds. The minimum atomic E-state index is -0.0994. The number of rotatable bonds is 5. The predicted molar refractivity (Wildman–Crippen MR) is 83.5 cm³/mol. The van der Waals surface area contributed by atoms with Crippen molar-refractivity contribution >= 4 is 0 Å². The zero-order chi connectivity index (χ0) is 14.8. The summed E-state index contributed by atoms with van der Waals surface area (Å²) in [7, 11) is 0. The maximum absolute atomic E-state index is 10.2. The molecule has 1 fully saturated rings. The average Bonchev–Trinajstić information content (AvgIpc) is 3.27. The summed E-state index contributed by atoms with van der Waals surface area (Å²) in [6.45, 7) is 3.00. The summed E-state index contributed by atoms with van der Waals surface area (Å²) in [6.07, 6.45) is 2.55. The standard InChI is InChI=1S/C18H21NO2/c1-12-3-2-4-14(9-12)18(19-11-13-5-6-13)16-10-15(20)7-8-17(16)21/h2-4,7-10,13,18-21H,5-6,11H2,1H3. The van der Waals surface area contributed by atoms with Crippen LogP contribution in [-0.4, -0.2) is 16.8 Å². The summed E-state index contributed by atoms with van der Waals surface area (Å²) in [5.74, 6) is 1.13. The van der Waals surface area contributed by atoms with Crippen molar-refractivity contribution in [3.05, 3.63) is 59.2 Å². The van der Waals surface area contributed by atoms with E-state index in [0.29, 0.717) is 0 Å². The molecule has 21 heavy (non-hydrogen) atoms. The molecule has 0 radical (unpaired) electrons. The first kappa shape index (κ1) is 14.0. The molecule has 1 unspecified atom stereocenters. The molecule has 0 aliphatic heterocycles. The minimum Gasteiger partial charge on any atom is -0.508 e. The monoisotopic (exact) mass is 283 g/mol. The topological polar surface area (TPSA) is 52.5 Å². The van der Waals surface area contributed by atoms with Crippen LogP contribution in [0.25, 0.3) is 0 Å². The highest BCUT2D eigenvalue weighted by atomic mass is 16.3. The summed E-state index contributed by atoms with van der Waals surface area (Å²) < 4.78 is 0. The van der Waals surface area contributed by atoms with Gasteiger partial charge in [0.05, 0.1) is 6.04 Å². The van der Waals surface area contributed by atoms with Gasteiger partial charge in [-0.15, -0.1) is 0 Å². The van der Waals surface area contributed by atoms with E-state index < -0.39 is 0 Å². The molecule has 0 heterocycles. The van der Waals surface area contributed by atoms with Crippen molar-refractivity contribution in [1.29, 1.82) is 0 Å². The largest absolute Gasteiger partial charge is 0.508 e. The highest BCUT2D eigenvalue weighted by molar-refractivity contribution is 5.45. The maximum Gasteiger partial charge on any atom is 0.120 e. The van der Waals surface area contributed by atoms with Gasteiger partial charge >= 0.3 is 0 Å².